The van der Waals surface area contributed by atoms with E-state index in [1.807, 2.05) is 4.90 Å². The van der Waals surface area contributed by atoms with Gasteiger partial charge in [0.2, 0.25) is 11.8 Å². The monoisotopic (exact) mass is 350 g/mol. The van der Waals surface area contributed by atoms with Gasteiger partial charge in [-0.3, -0.25) is 19.4 Å². The quantitative estimate of drug-likeness (QED) is 0.775. The lowest BCUT2D eigenvalue weighted by molar-refractivity contribution is -0.127. The number of piperidine rings is 1. The number of likely N-dealkylation sites (tertiary alicyclic amines) is 1. The predicted octanol–water partition coefficient (Wildman–Crippen LogP) is 0.969. The zero-order valence-corrected chi connectivity index (χ0v) is 15.7. The third kappa shape index (κ3) is 4.94. The Balaban J connectivity index is 1.54. The SMILES string of the molecule is CC1CCC(CNC(=O)CN2CCNC(=O)C2)(N2CCCCC2)CC1. The number of piperazine rings is 1. The van der Waals surface area contributed by atoms with Crippen LogP contribution in [0.3, 0.4) is 0 Å². The first-order valence-corrected chi connectivity index (χ1v) is 10.1. The Morgan fingerprint density at radius 2 is 1.92 bits per heavy atom. The summed E-state index contributed by atoms with van der Waals surface area (Å²) in [6, 6.07) is 0. The Morgan fingerprint density at radius 1 is 1.20 bits per heavy atom. The second kappa shape index (κ2) is 8.49. The second-order valence-corrected chi connectivity index (χ2v) is 8.29. The molecular formula is C19H34N4O2. The summed E-state index contributed by atoms with van der Waals surface area (Å²) in [5.41, 5.74) is 0.155. The van der Waals surface area contributed by atoms with Crippen LogP contribution >= 0.6 is 0 Å². The zero-order valence-electron chi connectivity index (χ0n) is 15.7. The van der Waals surface area contributed by atoms with Crippen molar-refractivity contribution in [2.45, 2.75) is 57.4 Å². The number of carbonyl (C=O) groups excluding carboxylic acids is 2. The number of rotatable bonds is 5. The lowest BCUT2D eigenvalue weighted by Gasteiger charge is -2.49. The van der Waals surface area contributed by atoms with Crippen LogP contribution in [0.5, 0.6) is 0 Å². The van der Waals surface area contributed by atoms with Crippen molar-refractivity contribution in [2.75, 3.05) is 45.8 Å². The van der Waals surface area contributed by atoms with Crippen molar-refractivity contribution >= 4 is 11.8 Å². The van der Waals surface area contributed by atoms with Crippen LogP contribution < -0.4 is 10.6 Å². The Hall–Kier alpha value is -1.14. The Morgan fingerprint density at radius 3 is 2.60 bits per heavy atom. The van der Waals surface area contributed by atoms with E-state index in [2.05, 4.69) is 22.5 Å². The number of nitrogens with zero attached hydrogens (tertiary/aromatic N) is 2. The van der Waals surface area contributed by atoms with Crippen molar-refractivity contribution < 1.29 is 9.59 Å². The van der Waals surface area contributed by atoms with E-state index in [4.69, 9.17) is 0 Å². The molecule has 2 aliphatic heterocycles. The van der Waals surface area contributed by atoms with E-state index in [0.29, 0.717) is 19.6 Å². The summed E-state index contributed by atoms with van der Waals surface area (Å²) in [4.78, 5) is 28.5. The fraction of sp³-hybridized carbons (Fsp3) is 0.895. The Labute approximate surface area is 151 Å². The molecule has 0 aromatic carbocycles. The largest absolute Gasteiger partial charge is 0.354 e. The zero-order chi connectivity index (χ0) is 17.7. The van der Waals surface area contributed by atoms with Gasteiger partial charge in [-0.2, -0.15) is 0 Å². The molecule has 1 aliphatic carbocycles. The van der Waals surface area contributed by atoms with Crippen molar-refractivity contribution in [2.24, 2.45) is 5.92 Å². The summed E-state index contributed by atoms with van der Waals surface area (Å²) >= 11 is 0. The smallest absolute Gasteiger partial charge is 0.234 e. The molecule has 1 saturated carbocycles. The highest BCUT2D eigenvalue weighted by atomic mass is 16.2. The van der Waals surface area contributed by atoms with E-state index >= 15 is 0 Å². The fourth-order valence-corrected chi connectivity index (χ4v) is 4.62. The van der Waals surface area contributed by atoms with Crippen molar-refractivity contribution in [1.29, 1.82) is 0 Å². The van der Waals surface area contributed by atoms with Gasteiger partial charge >= 0.3 is 0 Å². The molecule has 25 heavy (non-hydrogen) atoms. The summed E-state index contributed by atoms with van der Waals surface area (Å²) in [5.74, 6) is 0.885. The van der Waals surface area contributed by atoms with Gasteiger partial charge in [0.25, 0.3) is 0 Å². The molecule has 0 aromatic rings. The van der Waals surface area contributed by atoms with Gasteiger partial charge in [0.1, 0.15) is 0 Å². The van der Waals surface area contributed by atoms with Crippen LogP contribution in [0, 0.1) is 5.92 Å². The first-order chi connectivity index (χ1) is 12.1. The van der Waals surface area contributed by atoms with Gasteiger partial charge in [-0.05, 0) is 57.5 Å². The van der Waals surface area contributed by atoms with Crippen LogP contribution in [0.15, 0.2) is 0 Å². The molecule has 0 unspecified atom stereocenters. The molecule has 3 rings (SSSR count). The molecule has 2 N–H and O–H groups in total. The second-order valence-electron chi connectivity index (χ2n) is 8.29. The van der Waals surface area contributed by atoms with Gasteiger partial charge in [0.05, 0.1) is 13.1 Å². The molecule has 6 heteroatoms. The highest BCUT2D eigenvalue weighted by Crippen LogP contribution is 2.37. The van der Waals surface area contributed by atoms with Crippen LogP contribution in [-0.2, 0) is 9.59 Å². The van der Waals surface area contributed by atoms with Crippen LogP contribution in [0.1, 0.15) is 51.9 Å². The standard InChI is InChI=1S/C19H34N4O2/c1-16-5-7-19(8-6-16,23-10-3-2-4-11-23)15-21-18(25)14-22-12-9-20-17(24)13-22/h16H,2-15H2,1H3,(H,20,24)(H,21,25). The molecule has 2 amide bonds. The predicted molar refractivity (Wildman–Crippen MR) is 98.2 cm³/mol. The number of hydrogen-bond donors (Lipinski definition) is 2. The van der Waals surface area contributed by atoms with Crippen LogP contribution in [0.4, 0.5) is 0 Å². The Kier molecular flexibility index (Phi) is 6.34. The third-order valence-electron chi connectivity index (χ3n) is 6.33. The van der Waals surface area contributed by atoms with Crippen molar-refractivity contribution in [3.63, 3.8) is 0 Å². The molecule has 6 nitrogen and oxygen atoms in total. The number of amides is 2. The van der Waals surface area contributed by atoms with Gasteiger partial charge < -0.3 is 10.6 Å². The molecule has 3 fully saturated rings. The van der Waals surface area contributed by atoms with Gasteiger partial charge in [0, 0.05) is 25.2 Å². The molecule has 3 aliphatic rings. The highest BCUT2D eigenvalue weighted by molar-refractivity contribution is 5.81. The maximum atomic E-state index is 12.4. The summed E-state index contributed by atoms with van der Waals surface area (Å²) in [5, 5.41) is 6.02. The lowest BCUT2D eigenvalue weighted by atomic mass is 9.75. The summed E-state index contributed by atoms with van der Waals surface area (Å²) in [6.07, 6.45) is 8.83. The number of carbonyl (C=O) groups is 2. The van der Waals surface area contributed by atoms with E-state index in [1.54, 1.807) is 0 Å². The third-order valence-corrected chi connectivity index (χ3v) is 6.33. The van der Waals surface area contributed by atoms with E-state index in [9.17, 15) is 9.59 Å². The van der Waals surface area contributed by atoms with E-state index in [-0.39, 0.29) is 17.4 Å². The molecule has 0 atom stereocenters. The first kappa shape index (κ1) is 18.6. The van der Waals surface area contributed by atoms with Gasteiger partial charge in [-0.25, -0.2) is 0 Å². The van der Waals surface area contributed by atoms with Crippen molar-refractivity contribution in [3.8, 4) is 0 Å². The van der Waals surface area contributed by atoms with Crippen molar-refractivity contribution in [3.05, 3.63) is 0 Å². The molecular weight excluding hydrogens is 316 g/mol. The van der Waals surface area contributed by atoms with E-state index in [0.717, 1.165) is 19.0 Å². The van der Waals surface area contributed by atoms with Crippen LogP contribution in [0.2, 0.25) is 0 Å². The number of hydrogen-bond acceptors (Lipinski definition) is 4. The van der Waals surface area contributed by atoms with Crippen LogP contribution in [-0.4, -0.2) is 73.0 Å². The summed E-state index contributed by atoms with van der Waals surface area (Å²) in [7, 11) is 0. The molecule has 142 valence electrons. The minimum Gasteiger partial charge on any atom is -0.354 e. The van der Waals surface area contributed by atoms with Gasteiger partial charge in [-0.1, -0.05) is 13.3 Å². The maximum Gasteiger partial charge on any atom is 0.234 e. The molecule has 0 radical (unpaired) electrons. The molecule has 0 bridgehead atoms. The van der Waals surface area contributed by atoms with Crippen LogP contribution in [0.25, 0.3) is 0 Å². The minimum absolute atomic E-state index is 0.0186. The fourth-order valence-electron chi connectivity index (χ4n) is 4.62. The minimum atomic E-state index is 0.0186. The summed E-state index contributed by atoms with van der Waals surface area (Å²) in [6.45, 7) is 7.53. The van der Waals surface area contributed by atoms with E-state index < -0.39 is 0 Å². The lowest BCUT2D eigenvalue weighted by Crippen LogP contribution is -2.59. The average Bonchev–Trinajstić information content (AvgIpc) is 2.62. The van der Waals surface area contributed by atoms with Crippen molar-refractivity contribution in [1.82, 2.24) is 20.4 Å². The van der Waals surface area contributed by atoms with E-state index in [1.165, 1.54) is 58.0 Å². The molecule has 0 aromatic heterocycles. The normalized spacial score (nSPS) is 32.2. The average molecular weight is 351 g/mol. The first-order valence-electron chi connectivity index (χ1n) is 10.1. The van der Waals surface area contributed by atoms with Gasteiger partial charge in [-0.15, -0.1) is 0 Å². The maximum absolute atomic E-state index is 12.4. The highest BCUT2D eigenvalue weighted by Gasteiger charge is 2.40. The molecule has 2 heterocycles. The number of nitrogens with one attached hydrogen (secondary N) is 2. The molecule has 2 saturated heterocycles. The topological polar surface area (TPSA) is 64.7 Å². The Bertz CT molecular complexity index is 468. The molecule has 0 spiro atoms. The summed E-state index contributed by atoms with van der Waals surface area (Å²) < 4.78 is 0. The van der Waals surface area contributed by atoms with Gasteiger partial charge in [0.15, 0.2) is 0 Å².